The molecule has 0 bridgehead atoms. The standard InChI is InChI=1S/C15H22ClNO/c1-11-6-7-12(10-13(11)16)14(17-3)15(2)8-4-5-9-18-15/h6-7,10,14,17H,4-5,8-9H2,1-3H3. The van der Waals surface area contributed by atoms with E-state index < -0.39 is 0 Å². The summed E-state index contributed by atoms with van der Waals surface area (Å²) in [7, 11) is 1.99. The Kier molecular flexibility index (Phi) is 4.31. The highest BCUT2D eigenvalue weighted by atomic mass is 35.5. The summed E-state index contributed by atoms with van der Waals surface area (Å²) < 4.78 is 6.04. The average molecular weight is 268 g/mol. The Balaban J connectivity index is 2.29. The number of aryl methyl sites for hydroxylation is 1. The minimum Gasteiger partial charge on any atom is -0.373 e. The molecule has 1 heterocycles. The maximum atomic E-state index is 6.23. The molecule has 1 aliphatic heterocycles. The lowest BCUT2D eigenvalue weighted by molar-refractivity contribution is -0.0884. The van der Waals surface area contributed by atoms with E-state index in [2.05, 4.69) is 30.4 Å². The first kappa shape index (κ1) is 13.9. The summed E-state index contributed by atoms with van der Waals surface area (Å²) in [5.41, 5.74) is 2.19. The van der Waals surface area contributed by atoms with Crippen molar-refractivity contribution in [1.82, 2.24) is 5.32 Å². The van der Waals surface area contributed by atoms with E-state index in [0.29, 0.717) is 0 Å². The topological polar surface area (TPSA) is 21.3 Å². The van der Waals surface area contributed by atoms with Gasteiger partial charge in [0.15, 0.2) is 0 Å². The van der Waals surface area contributed by atoms with Gasteiger partial charge in [0.1, 0.15) is 0 Å². The van der Waals surface area contributed by atoms with Crippen molar-refractivity contribution in [3.8, 4) is 0 Å². The number of hydrogen-bond acceptors (Lipinski definition) is 2. The van der Waals surface area contributed by atoms with Gasteiger partial charge in [-0.15, -0.1) is 0 Å². The van der Waals surface area contributed by atoms with E-state index in [4.69, 9.17) is 16.3 Å². The Hall–Kier alpha value is -0.570. The molecule has 18 heavy (non-hydrogen) atoms. The van der Waals surface area contributed by atoms with Crippen LogP contribution in [0.25, 0.3) is 0 Å². The number of rotatable bonds is 3. The fourth-order valence-electron chi connectivity index (χ4n) is 2.80. The van der Waals surface area contributed by atoms with Crippen LogP contribution in [0, 0.1) is 6.92 Å². The fraction of sp³-hybridized carbons (Fsp3) is 0.600. The van der Waals surface area contributed by atoms with Crippen molar-refractivity contribution in [3.63, 3.8) is 0 Å². The lowest BCUT2D eigenvalue weighted by atomic mass is 9.84. The van der Waals surface area contributed by atoms with Crippen LogP contribution in [-0.4, -0.2) is 19.3 Å². The lowest BCUT2D eigenvalue weighted by Gasteiger charge is -2.41. The van der Waals surface area contributed by atoms with Crippen molar-refractivity contribution in [2.75, 3.05) is 13.7 Å². The third-order valence-corrected chi connectivity index (χ3v) is 4.34. The van der Waals surface area contributed by atoms with Gasteiger partial charge in [-0.1, -0.05) is 23.7 Å². The molecule has 1 N–H and O–H groups in total. The second kappa shape index (κ2) is 5.60. The molecule has 0 aromatic heterocycles. The van der Waals surface area contributed by atoms with Gasteiger partial charge < -0.3 is 10.1 Å². The molecule has 3 heteroatoms. The molecule has 1 aromatic rings. The van der Waals surface area contributed by atoms with Gasteiger partial charge in [0.2, 0.25) is 0 Å². The second-order valence-electron chi connectivity index (χ2n) is 5.35. The summed E-state index contributed by atoms with van der Waals surface area (Å²) in [5.74, 6) is 0. The van der Waals surface area contributed by atoms with E-state index >= 15 is 0 Å². The van der Waals surface area contributed by atoms with Crippen LogP contribution in [0.5, 0.6) is 0 Å². The molecule has 2 rings (SSSR count). The second-order valence-corrected chi connectivity index (χ2v) is 5.76. The third kappa shape index (κ3) is 2.71. The molecule has 0 radical (unpaired) electrons. The number of ether oxygens (including phenoxy) is 1. The zero-order valence-electron chi connectivity index (χ0n) is 11.4. The van der Waals surface area contributed by atoms with Crippen LogP contribution in [-0.2, 0) is 4.74 Å². The summed E-state index contributed by atoms with van der Waals surface area (Å²) in [6, 6.07) is 6.47. The van der Waals surface area contributed by atoms with Crippen molar-refractivity contribution in [2.45, 2.75) is 44.8 Å². The predicted octanol–water partition coefficient (Wildman–Crippen LogP) is 3.87. The van der Waals surface area contributed by atoms with Gasteiger partial charge in [-0.2, -0.15) is 0 Å². The van der Waals surface area contributed by atoms with Crippen LogP contribution in [0.4, 0.5) is 0 Å². The van der Waals surface area contributed by atoms with Crippen LogP contribution in [0.15, 0.2) is 18.2 Å². The van der Waals surface area contributed by atoms with Crippen LogP contribution in [0.3, 0.4) is 0 Å². The van der Waals surface area contributed by atoms with Crippen molar-refractivity contribution in [2.24, 2.45) is 0 Å². The van der Waals surface area contributed by atoms with Gasteiger partial charge in [0.05, 0.1) is 11.6 Å². The van der Waals surface area contributed by atoms with Crippen molar-refractivity contribution < 1.29 is 4.74 Å². The summed E-state index contributed by atoms with van der Waals surface area (Å²) in [6.07, 6.45) is 3.49. The molecular weight excluding hydrogens is 246 g/mol. The molecule has 0 saturated carbocycles. The Morgan fingerprint density at radius 2 is 2.17 bits per heavy atom. The van der Waals surface area contributed by atoms with Crippen LogP contribution in [0.2, 0.25) is 5.02 Å². The third-order valence-electron chi connectivity index (χ3n) is 3.93. The minimum atomic E-state index is -0.133. The summed E-state index contributed by atoms with van der Waals surface area (Å²) in [5, 5.41) is 4.22. The molecule has 2 unspecified atom stereocenters. The van der Waals surface area contributed by atoms with E-state index in [1.165, 1.54) is 18.4 Å². The number of hydrogen-bond donors (Lipinski definition) is 1. The van der Waals surface area contributed by atoms with E-state index in [1.54, 1.807) is 0 Å². The Morgan fingerprint density at radius 1 is 1.39 bits per heavy atom. The first-order valence-corrected chi connectivity index (χ1v) is 7.02. The first-order valence-electron chi connectivity index (χ1n) is 6.64. The smallest absolute Gasteiger partial charge is 0.0848 e. The molecule has 1 fully saturated rings. The monoisotopic (exact) mass is 267 g/mol. The van der Waals surface area contributed by atoms with Gasteiger partial charge in [-0.05, 0) is 57.4 Å². The molecule has 1 saturated heterocycles. The number of nitrogens with one attached hydrogen (secondary N) is 1. The molecule has 1 aromatic carbocycles. The maximum absolute atomic E-state index is 6.23. The summed E-state index contributed by atoms with van der Waals surface area (Å²) in [6.45, 7) is 5.08. The van der Waals surface area contributed by atoms with Gasteiger partial charge in [-0.25, -0.2) is 0 Å². The summed E-state index contributed by atoms with van der Waals surface area (Å²) in [4.78, 5) is 0. The molecule has 100 valence electrons. The Morgan fingerprint density at radius 3 is 2.72 bits per heavy atom. The van der Waals surface area contributed by atoms with E-state index in [9.17, 15) is 0 Å². The quantitative estimate of drug-likeness (QED) is 0.898. The maximum Gasteiger partial charge on any atom is 0.0848 e. The van der Waals surface area contributed by atoms with E-state index in [1.807, 2.05) is 14.0 Å². The molecule has 0 spiro atoms. The number of likely N-dealkylation sites (N-methyl/N-ethyl adjacent to an activating group) is 1. The Bertz CT molecular complexity index is 413. The van der Waals surface area contributed by atoms with Gasteiger partial charge in [0, 0.05) is 11.6 Å². The number of benzene rings is 1. The average Bonchev–Trinajstić information content (AvgIpc) is 2.35. The molecular formula is C15H22ClNO. The Labute approximate surface area is 115 Å². The van der Waals surface area contributed by atoms with Crippen LogP contribution < -0.4 is 5.32 Å². The molecule has 0 amide bonds. The van der Waals surface area contributed by atoms with Crippen molar-refractivity contribution in [3.05, 3.63) is 34.3 Å². The normalized spacial score (nSPS) is 26.0. The van der Waals surface area contributed by atoms with Gasteiger partial charge in [0.25, 0.3) is 0 Å². The number of halogens is 1. The lowest BCUT2D eigenvalue weighted by Crippen LogP contribution is -2.44. The SMILES string of the molecule is CNC(c1ccc(C)c(Cl)c1)C1(C)CCCCO1. The van der Waals surface area contributed by atoms with Crippen LogP contribution >= 0.6 is 11.6 Å². The molecule has 0 aliphatic carbocycles. The molecule has 2 nitrogen and oxygen atoms in total. The minimum absolute atomic E-state index is 0.133. The van der Waals surface area contributed by atoms with Gasteiger partial charge >= 0.3 is 0 Å². The highest BCUT2D eigenvalue weighted by Gasteiger charge is 2.37. The fourth-order valence-corrected chi connectivity index (χ4v) is 2.99. The molecule has 2 atom stereocenters. The highest BCUT2D eigenvalue weighted by molar-refractivity contribution is 6.31. The van der Waals surface area contributed by atoms with E-state index in [0.717, 1.165) is 23.6 Å². The predicted molar refractivity (Wildman–Crippen MR) is 76.2 cm³/mol. The largest absolute Gasteiger partial charge is 0.373 e. The zero-order chi connectivity index (χ0) is 13.2. The molecule has 1 aliphatic rings. The van der Waals surface area contributed by atoms with Crippen LogP contribution in [0.1, 0.15) is 43.4 Å². The van der Waals surface area contributed by atoms with Gasteiger partial charge in [-0.3, -0.25) is 0 Å². The van der Waals surface area contributed by atoms with Crippen molar-refractivity contribution >= 4 is 11.6 Å². The summed E-state index contributed by atoms with van der Waals surface area (Å²) >= 11 is 6.23. The first-order chi connectivity index (χ1) is 8.57. The highest BCUT2D eigenvalue weighted by Crippen LogP contribution is 2.37. The zero-order valence-corrected chi connectivity index (χ0v) is 12.2. The van der Waals surface area contributed by atoms with E-state index in [-0.39, 0.29) is 11.6 Å². The van der Waals surface area contributed by atoms with Crippen molar-refractivity contribution in [1.29, 1.82) is 0 Å².